The number of carbonyl (C=O) groups is 1. The number of benzene rings is 4. The van der Waals surface area contributed by atoms with Gasteiger partial charge in [0, 0.05) is 64.0 Å². The Bertz CT molecular complexity index is 2600. The van der Waals surface area contributed by atoms with Crippen molar-refractivity contribution in [2.45, 2.75) is 19.8 Å². The van der Waals surface area contributed by atoms with Crippen molar-refractivity contribution in [2.24, 2.45) is 0 Å². The molecule has 0 amide bonds. The lowest BCUT2D eigenvalue weighted by atomic mass is 10.1. The largest absolute Gasteiger partial charge is 0.487 e. The van der Waals surface area contributed by atoms with Gasteiger partial charge in [0.05, 0.1) is 191 Å². The highest BCUT2D eigenvalue weighted by Gasteiger charge is 2.25. The highest BCUT2D eigenvalue weighted by Crippen LogP contribution is 2.46. The van der Waals surface area contributed by atoms with Crippen molar-refractivity contribution in [1.82, 2.24) is 0 Å². The van der Waals surface area contributed by atoms with E-state index >= 15 is 0 Å². The van der Waals surface area contributed by atoms with Crippen LogP contribution in [0, 0.1) is 0 Å². The van der Waals surface area contributed by atoms with Crippen LogP contribution in [0.3, 0.4) is 0 Å². The predicted octanol–water partition coefficient (Wildman–Crippen LogP) is 6.59. The SMILES string of the molecule is COCCOCCOc1cc(COc2cc(C(=O)OC)cc(OCc3cc(OCCOCCOC)c(OCCOCCOC)c(OCCOCCOC)c3)c2OCc2cc(OCCOCCOC)c(OCCOCCOC)c(OCCOCCOC)c2)cc(OCCOCCOC)c1OCCOCCOC. The Morgan fingerprint density at radius 2 is 0.368 bits per heavy atom. The Morgan fingerprint density at radius 1 is 0.198 bits per heavy atom. The third-order valence-corrected chi connectivity index (χ3v) is 14.1. The number of esters is 1. The molecule has 32 heteroatoms. The van der Waals surface area contributed by atoms with Gasteiger partial charge in [-0.25, -0.2) is 4.79 Å². The molecule has 0 heterocycles. The molecule has 0 aliphatic heterocycles. The first-order valence-corrected chi connectivity index (χ1v) is 35.1. The second kappa shape index (κ2) is 62.2. The van der Waals surface area contributed by atoms with Gasteiger partial charge >= 0.3 is 5.97 Å². The van der Waals surface area contributed by atoms with Gasteiger partial charge in [0.25, 0.3) is 0 Å². The summed E-state index contributed by atoms with van der Waals surface area (Å²) in [5.74, 6) is 2.08. The van der Waals surface area contributed by atoms with Gasteiger partial charge < -0.3 is 147 Å². The molecule has 4 aromatic carbocycles. The van der Waals surface area contributed by atoms with E-state index in [2.05, 4.69) is 0 Å². The van der Waals surface area contributed by atoms with Gasteiger partial charge in [0.15, 0.2) is 46.0 Å². The Hall–Kier alpha value is -6.77. The highest BCUT2D eigenvalue weighted by molar-refractivity contribution is 5.91. The standard InChI is InChI=1S/C74H116O32/c1-76-11-20-86-29-38-95-62-47-58(48-63(96-39-30-87-21-12-77-2)70(62)101-44-35-92-26-17-82-7)55-104-68-53-61(74(75)85-10)54-69(105-56-59-49-64(97-40-31-88-22-13-78-3)71(102-45-36-93-27-18-83-8)65(50-59)98-41-32-89-23-14-79-4)73(68)106-57-60-51-66(99-42-33-90-24-15-80-5)72(103-46-37-94-28-19-84-9)67(52-60)100-43-34-91-25-16-81-6/h47-54H,11-46,55-57H2,1-10H3. The molecule has 0 aliphatic carbocycles. The summed E-state index contributed by atoms with van der Waals surface area (Å²) in [6, 6.07) is 13.5. The minimum Gasteiger partial charge on any atom is -0.487 e. The van der Waals surface area contributed by atoms with Crippen molar-refractivity contribution in [3.63, 3.8) is 0 Å². The summed E-state index contributed by atoms with van der Waals surface area (Å²) in [5, 5.41) is 0. The molecular weight excluding hydrogens is 1400 g/mol. The molecule has 0 spiro atoms. The lowest BCUT2D eigenvalue weighted by Gasteiger charge is -2.22. The van der Waals surface area contributed by atoms with Crippen LogP contribution in [0.2, 0.25) is 0 Å². The first kappa shape index (κ1) is 91.6. The van der Waals surface area contributed by atoms with Crippen molar-refractivity contribution in [1.29, 1.82) is 0 Å². The molecule has 32 nitrogen and oxygen atoms in total. The third-order valence-electron chi connectivity index (χ3n) is 14.1. The maximum absolute atomic E-state index is 14.0. The van der Waals surface area contributed by atoms with Crippen molar-refractivity contribution in [2.75, 3.05) is 309 Å². The summed E-state index contributed by atoms with van der Waals surface area (Å²) in [6.07, 6.45) is 0. The van der Waals surface area contributed by atoms with Gasteiger partial charge in [-0.1, -0.05) is 0 Å². The monoisotopic (exact) mass is 1520 g/mol. The molecule has 0 saturated carbocycles. The van der Waals surface area contributed by atoms with Crippen LogP contribution in [0.25, 0.3) is 0 Å². The average molecular weight is 1520 g/mol. The van der Waals surface area contributed by atoms with Gasteiger partial charge in [-0.15, -0.1) is 0 Å². The molecule has 106 heavy (non-hydrogen) atoms. The van der Waals surface area contributed by atoms with E-state index in [0.29, 0.717) is 170 Å². The zero-order chi connectivity index (χ0) is 76.0. The molecule has 0 radical (unpaired) electrons. The summed E-state index contributed by atoms with van der Waals surface area (Å²) < 4.78 is 182. The van der Waals surface area contributed by atoms with E-state index < -0.39 is 5.97 Å². The molecule has 604 valence electrons. The zero-order valence-corrected chi connectivity index (χ0v) is 63.8. The van der Waals surface area contributed by atoms with E-state index in [4.69, 9.17) is 147 Å². The van der Waals surface area contributed by atoms with Gasteiger partial charge in [-0.3, -0.25) is 0 Å². The molecule has 4 aromatic rings. The second-order valence-corrected chi connectivity index (χ2v) is 22.0. The molecule has 0 saturated heterocycles. The molecule has 4 rings (SSSR count). The fourth-order valence-corrected chi connectivity index (χ4v) is 8.93. The molecule has 0 unspecified atom stereocenters. The summed E-state index contributed by atoms with van der Waals surface area (Å²) in [7, 11) is 15.6. The fraction of sp³-hybridized carbons (Fsp3) is 0.662. The minimum atomic E-state index is -0.721. The van der Waals surface area contributed by atoms with E-state index in [9.17, 15) is 4.79 Å². The molecule has 0 aliphatic rings. The van der Waals surface area contributed by atoms with Crippen LogP contribution in [0.15, 0.2) is 48.5 Å². The lowest BCUT2D eigenvalue weighted by Crippen LogP contribution is -2.15. The molecule has 0 N–H and O–H groups in total. The smallest absolute Gasteiger partial charge is 0.338 e. The van der Waals surface area contributed by atoms with Crippen molar-refractivity contribution >= 4 is 5.97 Å². The van der Waals surface area contributed by atoms with Crippen LogP contribution in [0.1, 0.15) is 27.0 Å². The van der Waals surface area contributed by atoms with Crippen molar-refractivity contribution in [3.05, 3.63) is 70.8 Å². The zero-order valence-electron chi connectivity index (χ0n) is 63.8. The number of methoxy groups -OCH3 is 10. The van der Waals surface area contributed by atoms with E-state index in [-0.39, 0.29) is 179 Å². The van der Waals surface area contributed by atoms with E-state index in [1.54, 1.807) is 100 Å². The van der Waals surface area contributed by atoms with E-state index in [1.165, 1.54) is 19.2 Å². The van der Waals surface area contributed by atoms with Gasteiger partial charge in [-0.2, -0.15) is 0 Å². The number of rotatable bonds is 73. The second-order valence-electron chi connectivity index (χ2n) is 22.0. The number of hydrogen-bond acceptors (Lipinski definition) is 32. The van der Waals surface area contributed by atoms with Crippen molar-refractivity contribution < 1.29 is 152 Å². The number of carbonyl (C=O) groups excluding carboxylic acids is 1. The molecule has 0 atom stereocenters. The van der Waals surface area contributed by atoms with E-state index in [0.717, 1.165) is 0 Å². The van der Waals surface area contributed by atoms with Gasteiger partial charge in [0.2, 0.25) is 23.0 Å². The molecule has 0 fully saturated rings. The Morgan fingerprint density at radius 3 is 0.566 bits per heavy atom. The van der Waals surface area contributed by atoms with Crippen molar-refractivity contribution in [3.8, 4) is 69.0 Å². The average Bonchev–Trinajstić information content (AvgIpc) is 0.803. The fourth-order valence-electron chi connectivity index (χ4n) is 8.93. The van der Waals surface area contributed by atoms with Crippen LogP contribution in [0.5, 0.6) is 69.0 Å². The number of ether oxygens (including phenoxy) is 31. The van der Waals surface area contributed by atoms with Crippen LogP contribution in [0.4, 0.5) is 0 Å². The summed E-state index contributed by atoms with van der Waals surface area (Å²) in [5.41, 5.74) is 1.63. The van der Waals surface area contributed by atoms with Gasteiger partial charge in [-0.05, 0) is 65.2 Å². The van der Waals surface area contributed by atoms with Crippen LogP contribution in [-0.2, 0) is 110 Å². The molecule has 0 bridgehead atoms. The summed E-state index contributed by atoms with van der Waals surface area (Å²) >= 11 is 0. The minimum absolute atomic E-state index is 0.0391. The molecule has 0 aromatic heterocycles. The quantitative estimate of drug-likeness (QED) is 0.0332. The Labute approximate surface area is 624 Å². The predicted molar refractivity (Wildman–Crippen MR) is 384 cm³/mol. The van der Waals surface area contributed by atoms with E-state index in [1.807, 2.05) is 0 Å². The third kappa shape index (κ3) is 39.9. The van der Waals surface area contributed by atoms with Gasteiger partial charge in [0.1, 0.15) is 79.3 Å². The Balaban J connectivity index is 1.99. The van der Waals surface area contributed by atoms with Crippen LogP contribution < -0.4 is 56.8 Å². The van der Waals surface area contributed by atoms with Crippen LogP contribution >= 0.6 is 0 Å². The maximum atomic E-state index is 14.0. The lowest BCUT2D eigenvalue weighted by molar-refractivity contribution is 0.0467. The first-order valence-electron chi connectivity index (χ1n) is 35.1. The summed E-state index contributed by atoms with van der Waals surface area (Å²) in [6.45, 7) is 9.07. The van der Waals surface area contributed by atoms with Crippen LogP contribution in [-0.4, -0.2) is 315 Å². The molecular formula is C74H116O32. The Kier molecular flexibility index (Phi) is 53.7. The topological polar surface area (TPSA) is 303 Å². The maximum Gasteiger partial charge on any atom is 0.338 e. The normalized spacial score (nSPS) is 11.2. The number of hydrogen-bond donors (Lipinski definition) is 0. The summed E-state index contributed by atoms with van der Waals surface area (Å²) in [4.78, 5) is 14.0. The first-order chi connectivity index (χ1) is 52.2. The highest BCUT2D eigenvalue weighted by atomic mass is 16.6.